The number of aryl methyl sites for hydroxylation is 1. The van der Waals surface area contributed by atoms with Gasteiger partial charge in [-0.15, -0.1) is 5.06 Å². The van der Waals surface area contributed by atoms with E-state index in [1.807, 2.05) is 19.1 Å². The predicted molar refractivity (Wildman–Crippen MR) is 113 cm³/mol. The van der Waals surface area contributed by atoms with Crippen LogP contribution in [0, 0.1) is 6.92 Å². The van der Waals surface area contributed by atoms with Crippen LogP contribution in [-0.4, -0.2) is 58.3 Å². The van der Waals surface area contributed by atoms with Crippen LogP contribution in [0.1, 0.15) is 49.8 Å². The number of aliphatic hydroxyl groups excluding tert-OH is 3. The van der Waals surface area contributed by atoms with Crippen molar-refractivity contribution in [1.29, 1.82) is 0 Å². The Morgan fingerprint density at radius 1 is 1.07 bits per heavy atom. The van der Waals surface area contributed by atoms with Crippen LogP contribution in [0.5, 0.6) is 17.2 Å². The van der Waals surface area contributed by atoms with Crippen LogP contribution in [0.2, 0.25) is 0 Å². The van der Waals surface area contributed by atoms with Gasteiger partial charge in [-0.25, -0.2) is 0 Å². The Hall–Kier alpha value is -2.39. The van der Waals surface area contributed by atoms with E-state index in [1.165, 1.54) is 6.20 Å². The van der Waals surface area contributed by atoms with Crippen LogP contribution in [0.3, 0.4) is 0 Å². The Morgan fingerprint density at radius 2 is 1.73 bits per heavy atom. The molecule has 0 saturated heterocycles. The highest BCUT2D eigenvalue weighted by atomic mass is 16.7. The normalized spacial score (nSPS) is 14.3. The lowest BCUT2D eigenvalue weighted by Gasteiger charge is -2.25. The third-order valence-corrected chi connectivity index (χ3v) is 4.63. The third-order valence-electron chi connectivity index (χ3n) is 4.63. The van der Waals surface area contributed by atoms with Crippen LogP contribution < -0.4 is 14.3 Å². The quantitative estimate of drug-likeness (QED) is 0.477. The van der Waals surface area contributed by atoms with E-state index in [2.05, 4.69) is 4.98 Å². The fourth-order valence-corrected chi connectivity index (χ4v) is 3.10. The van der Waals surface area contributed by atoms with Gasteiger partial charge in [0.25, 0.3) is 0 Å². The van der Waals surface area contributed by atoms with Crippen molar-refractivity contribution in [3.05, 3.63) is 47.3 Å². The smallest absolute Gasteiger partial charge is 0.189 e. The summed E-state index contributed by atoms with van der Waals surface area (Å²) in [5, 5.41) is 32.3. The molecule has 30 heavy (non-hydrogen) atoms. The number of aliphatic hydroxyl groups is 3. The highest BCUT2D eigenvalue weighted by molar-refractivity contribution is 5.44. The van der Waals surface area contributed by atoms with Crippen molar-refractivity contribution >= 4 is 0 Å². The first-order valence-corrected chi connectivity index (χ1v) is 10.0. The lowest BCUT2D eigenvalue weighted by Crippen LogP contribution is -2.38. The van der Waals surface area contributed by atoms with E-state index < -0.39 is 18.3 Å². The molecule has 166 valence electrons. The molecule has 8 heteroatoms. The summed E-state index contributed by atoms with van der Waals surface area (Å²) in [4.78, 5) is 10.1. The number of hydrogen-bond donors (Lipinski definition) is 3. The van der Waals surface area contributed by atoms with Crippen molar-refractivity contribution < 1.29 is 29.6 Å². The first-order chi connectivity index (χ1) is 14.3. The molecule has 1 aromatic heterocycles. The van der Waals surface area contributed by atoms with E-state index in [0.717, 1.165) is 0 Å². The van der Waals surface area contributed by atoms with Crippen LogP contribution in [0.15, 0.2) is 30.5 Å². The zero-order valence-corrected chi connectivity index (χ0v) is 18.2. The standard InChI is InChI=1S/C22H32N2O6/c1-6-24(30-20-10-8-7-9-19(20)28-5)12-17(27)13-29-22-14(2)23-11-18(15(3)25)21(22)16(4)26/h7-11,15-17,25-27H,6,12-13H2,1-5H3. The number of benzene rings is 1. The molecule has 3 atom stereocenters. The minimum Gasteiger partial charge on any atom is -0.493 e. The second-order valence-corrected chi connectivity index (χ2v) is 7.08. The lowest BCUT2D eigenvalue weighted by atomic mass is 9.99. The number of pyridine rings is 1. The van der Waals surface area contributed by atoms with Crippen LogP contribution in [0.25, 0.3) is 0 Å². The van der Waals surface area contributed by atoms with E-state index in [-0.39, 0.29) is 13.2 Å². The molecule has 0 bridgehead atoms. The average molecular weight is 421 g/mol. The Balaban J connectivity index is 2.08. The van der Waals surface area contributed by atoms with E-state index >= 15 is 0 Å². The summed E-state index contributed by atoms with van der Waals surface area (Å²) in [6.45, 7) is 7.57. The third kappa shape index (κ3) is 6.06. The number of likely N-dealkylation sites (N-methyl/N-ethyl adjacent to an activating group) is 1. The maximum atomic E-state index is 10.5. The number of ether oxygens (including phenoxy) is 2. The lowest BCUT2D eigenvalue weighted by molar-refractivity contribution is -0.0873. The number of hydrogen-bond acceptors (Lipinski definition) is 8. The van der Waals surface area contributed by atoms with Crippen molar-refractivity contribution in [3.8, 4) is 17.2 Å². The predicted octanol–water partition coefficient (Wildman–Crippen LogP) is 2.56. The van der Waals surface area contributed by atoms with Crippen LogP contribution >= 0.6 is 0 Å². The maximum Gasteiger partial charge on any atom is 0.189 e. The van der Waals surface area contributed by atoms with Crippen LogP contribution in [0.4, 0.5) is 0 Å². The van der Waals surface area contributed by atoms with Gasteiger partial charge in [0.1, 0.15) is 18.5 Å². The van der Waals surface area contributed by atoms with Crippen molar-refractivity contribution in [2.24, 2.45) is 0 Å². The summed E-state index contributed by atoms with van der Waals surface area (Å²) in [5.41, 5.74) is 1.54. The molecule has 8 nitrogen and oxygen atoms in total. The first kappa shape index (κ1) is 23.9. The number of rotatable bonds is 11. The molecule has 0 aliphatic carbocycles. The summed E-state index contributed by atoms with van der Waals surface area (Å²) in [6.07, 6.45) is -0.994. The SMILES string of the molecule is CCN(CC(O)COc1c(C)ncc(C(C)O)c1C(C)O)Oc1ccccc1OC. The van der Waals surface area contributed by atoms with Gasteiger partial charge in [-0.3, -0.25) is 4.98 Å². The molecular weight excluding hydrogens is 388 g/mol. The molecule has 2 aromatic rings. The summed E-state index contributed by atoms with van der Waals surface area (Å²) in [7, 11) is 1.57. The Morgan fingerprint density at radius 3 is 2.30 bits per heavy atom. The Kier molecular flexibility index (Phi) is 8.86. The van der Waals surface area contributed by atoms with Gasteiger partial charge in [-0.2, -0.15) is 0 Å². The largest absolute Gasteiger partial charge is 0.493 e. The molecule has 0 fully saturated rings. The van der Waals surface area contributed by atoms with E-state index in [1.54, 1.807) is 45.1 Å². The summed E-state index contributed by atoms with van der Waals surface area (Å²) < 4.78 is 11.1. The molecule has 3 unspecified atom stereocenters. The zero-order chi connectivity index (χ0) is 22.3. The molecule has 0 radical (unpaired) electrons. The summed E-state index contributed by atoms with van der Waals surface area (Å²) >= 11 is 0. The van der Waals surface area contributed by atoms with Crippen molar-refractivity contribution in [1.82, 2.24) is 10.0 Å². The molecule has 0 spiro atoms. The molecule has 0 aliphatic rings. The highest BCUT2D eigenvalue weighted by Gasteiger charge is 2.22. The van der Waals surface area contributed by atoms with E-state index in [9.17, 15) is 15.3 Å². The van der Waals surface area contributed by atoms with E-state index in [0.29, 0.717) is 40.6 Å². The summed E-state index contributed by atoms with van der Waals surface area (Å²) in [5.74, 6) is 1.52. The molecule has 1 aromatic carbocycles. The maximum absolute atomic E-state index is 10.5. The van der Waals surface area contributed by atoms with E-state index in [4.69, 9.17) is 14.3 Å². The fourth-order valence-electron chi connectivity index (χ4n) is 3.10. The van der Waals surface area contributed by atoms with Gasteiger partial charge in [-0.1, -0.05) is 12.1 Å². The van der Waals surface area contributed by atoms with Crippen molar-refractivity contribution in [2.75, 3.05) is 26.8 Å². The van der Waals surface area contributed by atoms with Gasteiger partial charge in [-0.05, 0) is 39.8 Å². The minimum absolute atomic E-state index is 0.0305. The second kappa shape index (κ2) is 11.1. The fraction of sp³-hybridized carbons (Fsp3) is 0.500. The molecule has 3 N–H and O–H groups in total. The first-order valence-electron chi connectivity index (χ1n) is 10.0. The minimum atomic E-state index is -0.865. The van der Waals surface area contributed by atoms with Gasteiger partial charge in [0.05, 0.1) is 31.6 Å². The number of methoxy groups -OCH3 is 1. The number of para-hydroxylation sites is 2. The zero-order valence-electron chi connectivity index (χ0n) is 18.2. The topological polar surface area (TPSA) is 105 Å². The van der Waals surface area contributed by atoms with Crippen molar-refractivity contribution in [3.63, 3.8) is 0 Å². The van der Waals surface area contributed by atoms with Gasteiger partial charge >= 0.3 is 0 Å². The summed E-state index contributed by atoms with van der Waals surface area (Å²) in [6, 6.07) is 7.27. The molecular formula is C22H32N2O6. The molecule has 0 saturated carbocycles. The second-order valence-electron chi connectivity index (χ2n) is 7.08. The number of aromatic nitrogens is 1. The average Bonchev–Trinajstić information content (AvgIpc) is 2.72. The highest BCUT2D eigenvalue weighted by Crippen LogP contribution is 2.34. The van der Waals surface area contributed by atoms with Crippen molar-refractivity contribution in [2.45, 2.75) is 46.0 Å². The van der Waals surface area contributed by atoms with Gasteiger partial charge < -0.3 is 29.6 Å². The molecule has 2 rings (SSSR count). The van der Waals surface area contributed by atoms with Gasteiger partial charge in [0.15, 0.2) is 11.5 Å². The number of nitrogens with zero attached hydrogens (tertiary/aromatic N) is 2. The Labute approximate surface area is 177 Å². The molecule has 1 heterocycles. The number of hydroxylamine groups is 2. The molecule has 0 amide bonds. The Bertz CT molecular complexity index is 812. The van der Waals surface area contributed by atoms with Gasteiger partial charge in [0.2, 0.25) is 0 Å². The molecule has 0 aliphatic heterocycles. The monoisotopic (exact) mass is 420 g/mol. The van der Waals surface area contributed by atoms with Gasteiger partial charge in [0, 0.05) is 23.9 Å². The van der Waals surface area contributed by atoms with Crippen LogP contribution in [-0.2, 0) is 0 Å².